The van der Waals surface area contributed by atoms with Gasteiger partial charge in [-0.3, -0.25) is 4.79 Å². The molecule has 0 aliphatic heterocycles. The molecule has 1 nitrogen and oxygen atoms in total. The van der Waals surface area contributed by atoms with Crippen molar-refractivity contribution in [3.8, 4) is 0 Å². The average molecular weight is 451 g/mol. The fraction of sp³-hybridized carbons (Fsp3) is 0.0714. The number of carbonyl (C=O) groups excluding carboxylic acids is 1. The van der Waals surface area contributed by atoms with Crippen LogP contribution in [0.4, 0.5) is 4.39 Å². The SMILES string of the molecule is O=C(Cc1cccc(F)c1Br)c1cc(Br)cc(Br)c1. The lowest BCUT2D eigenvalue weighted by Gasteiger charge is -2.06. The zero-order valence-electron chi connectivity index (χ0n) is 9.59. The van der Waals surface area contributed by atoms with Gasteiger partial charge in [-0.2, -0.15) is 0 Å². The number of Topliss-reactive ketones (excluding diaryl/α,β-unsaturated/α-hetero) is 1. The molecule has 0 aromatic heterocycles. The fourth-order valence-corrected chi connectivity index (χ4v) is 3.37. The Kier molecular flexibility index (Phi) is 4.92. The first kappa shape index (κ1) is 14.9. The molecule has 19 heavy (non-hydrogen) atoms. The Balaban J connectivity index is 2.28. The molecule has 0 radical (unpaired) electrons. The molecule has 0 unspecified atom stereocenters. The summed E-state index contributed by atoms with van der Waals surface area (Å²) >= 11 is 9.85. The lowest BCUT2D eigenvalue weighted by atomic mass is 10.0. The van der Waals surface area contributed by atoms with Crippen LogP contribution in [0, 0.1) is 5.82 Å². The van der Waals surface area contributed by atoms with Crippen LogP contribution in [0.15, 0.2) is 49.8 Å². The maximum absolute atomic E-state index is 13.4. The second-order valence-corrected chi connectivity index (χ2v) is 6.60. The van der Waals surface area contributed by atoms with E-state index in [2.05, 4.69) is 47.8 Å². The van der Waals surface area contributed by atoms with Gasteiger partial charge in [0.25, 0.3) is 0 Å². The Bertz CT molecular complexity index is 620. The van der Waals surface area contributed by atoms with Crippen molar-refractivity contribution >= 4 is 53.6 Å². The molecule has 0 heterocycles. The monoisotopic (exact) mass is 448 g/mol. The van der Waals surface area contributed by atoms with Gasteiger partial charge in [0.05, 0.1) is 4.47 Å². The van der Waals surface area contributed by atoms with E-state index < -0.39 is 0 Å². The van der Waals surface area contributed by atoms with Gasteiger partial charge in [0.15, 0.2) is 5.78 Å². The van der Waals surface area contributed by atoms with Crippen LogP contribution in [0.1, 0.15) is 15.9 Å². The number of rotatable bonds is 3. The number of carbonyl (C=O) groups is 1. The third-order valence-electron chi connectivity index (χ3n) is 2.57. The molecule has 98 valence electrons. The molecular formula is C14H8Br3FO. The van der Waals surface area contributed by atoms with E-state index in [-0.39, 0.29) is 18.0 Å². The molecule has 0 aliphatic rings. The van der Waals surface area contributed by atoms with Crippen molar-refractivity contribution < 1.29 is 9.18 Å². The van der Waals surface area contributed by atoms with E-state index in [1.54, 1.807) is 24.3 Å². The third-order valence-corrected chi connectivity index (χ3v) is 4.37. The van der Waals surface area contributed by atoms with Crippen molar-refractivity contribution in [1.29, 1.82) is 0 Å². The van der Waals surface area contributed by atoms with Gasteiger partial charge in [0.1, 0.15) is 5.82 Å². The van der Waals surface area contributed by atoms with Crippen molar-refractivity contribution in [3.63, 3.8) is 0 Å². The second kappa shape index (κ2) is 6.29. The fourth-order valence-electron chi connectivity index (χ4n) is 1.67. The molecule has 5 heteroatoms. The average Bonchev–Trinajstić information content (AvgIpc) is 2.33. The van der Waals surface area contributed by atoms with Crippen molar-refractivity contribution in [2.75, 3.05) is 0 Å². The predicted molar refractivity (Wildman–Crippen MR) is 84.0 cm³/mol. The normalized spacial score (nSPS) is 10.5. The number of hydrogen-bond acceptors (Lipinski definition) is 1. The molecule has 0 spiro atoms. The summed E-state index contributed by atoms with van der Waals surface area (Å²) in [5, 5.41) is 0. The lowest BCUT2D eigenvalue weighted by Crippen LogP contribution is -2.05. The molecule has 0 saturated heterocycles. The van der Waals surface area contributed by atoms with Crippen LogP contribution in [0.5, 0.6) is 0 Å². The van der Waals surface area contributed by atoms with Crippen LogP contribution >= 0.6 is 47.8 Å². The zero-order valence-corrected chi connectivity index (χ0v) is 14.3. The van der Waals surface area contributed by atoms with Crippen molar-refractivity contribution in [1.82, 2.24) is 0 Å². The molecule has 0 atom stereocenters. The van der Waals surface area contributed by atoms with Crippen LogP contribution in [-0.2, 0) is 6.42 Å². The molecule has 0 bridgehead atoms. The highest BCUT2D eigenvalue weighted by atomic mass is 79.9. The molecule has 2 aromatic rings. The van der Waals surface area contributed by atoms with Gasteiger partial charge in [-0.15, -0.1) is 0 Å². The van der Waals surface area contributed by atoms with Crippen LogP contribution in [-0.4, -0.2) is 5.78 Å². The van der Waals surface area contributed by atoms with Gasteiger partial charge in [-0.1, -0.05) is 44.0 Å². The first-order chi connectivity index (χ1) is 8.97. The van der Waals surface area contributed by atoms with E-state index in [4.69, 9.17) is 0 Å². The first-order valence-corrected chi connectivity index (χ1v) is 7.77. The largest absolute Gasteiger partial charge is 0.294 e. The minimum absolute atomic E-state index is 0.0618. The maximum atomic E-state index is 13.4. The predicted octanol–water partition coefficient (Wildman–Crippen LogP) is 5.54. The molecular weight excluding hydrogens is 443 g/mol. The summed E-state index contributed by atoms with van der Waals surface area (Å²) < 4.78 is 15.4. The van der Waals surface area contributed by atoms with Crippen LogP contribution < -0.4 is 0 Å². The highest BCUT2D eigenvalue weighted by Crippen LogP contribution is 2.24. The van der Waals surface area contributed by atoms with Gasteiger partial charge < -0.3 is 0 Å². The Morgan fingerprint density at radius 1 is 1.05 bits per heavy atom. The van der Waals surface area contributed by atoms with E-state index in [1.165, 1.54) is 6.07 Å². The molecule has 2 rings (SSSR count). The molecule has 0 saturated carbocycles. The minimum atomic E-state index is -0.360. The Hall–Kier alpha value is -0.520. The second-order valence-electron chi connectivity index (χ2n) is 3.97. The minimum Gasteiger partial charge on any atom is -0.294 e. The molecule has 0 N–H and O–H groups in total. The van der Waals surface area contributed by atoms with Gasteiger partial charge in [0.2, 0.25) is 0 Å². The Morgan fingerprint density at radius 3 is 2.32 bits per heavy atom. The number of halogens is 4. The Morgan fingerprint density at radius 2 is 1.68 bits per heavy atom. The molecule has 0 amide bonds. The smallest absolute Gasteiger partial charge is 0.167 e. The summed E-state index contributed by atoms with van der Waals surface area (Å²) in [6.07, 6.45) is 0.154. The topological polar surface area (TPSA) is 17.1 Å². The van der Waals surface area contributed by atoms with E-state index in [0.29, 0.717) is 15.6 Å². The van der Waals surface area contributed by atoms with E-state index in [1.807, 2.05) is 6.07 Å². The van der Waals surface area contributed by atoms with Crippen molar-refractivity contribution in [2.24, 2.45) is 0 Å². The number of ketones is 1. The van der Waals surface area contributed by atoms with Gasteiger partial charge in [0, 0.05) is 20.9 Å². The summed E-state index contributed by atoms with van der Waals surface area (Å²) in [5.41, 5.74) is 1.22. The summed E-state index contributed by atoms with van der Waals surface area (Å²) in [7, 11) is 0. The number of hydrogen-bond donors (Lipinski definition) is 0. The maximum Gasteiger partial charge on any atom is 0.167 e. The third kappa shape index (κ3) is 3.74. The van der Waals surface area contributed by atoms with Crippen molar-refractivity contribution in [3.05, 3.63) is 66.8 Å². The zero-order chi connectivity index (χ0) is 14.0. The highest BCUT2D eigenvalue weighted by molar-refractivity contribution is 9.11. The van der Waals surface area contributed by atoms with E-state index >= 15 is 0 Å². The lowest BCUT2D eigenvalue weighted by molar-refractivity contribution is 0.0992. The van der Waals surface area contributed by atoms with Crippen LogP contribution in [0.2, 0.25) is 0 Å². The summed E-state index contributed by atoms with van der Waals surface area (Å²) in [6.45, 7) is 0. The van der Waals surface area contributed by atoms with Crippen LogP contribution in [0.3, 0.4) is 0 Å². The quantitative estimate of drug-likeness (QED) is 0.561. The van der Waals surface area contributed by atoms with Crippen molar-refractivity contribution in [2.45, 2.75) is 6.42 Å². The highest BCUT2D eigenvalue weighted by Gasteiger charge is 2.12. The first-order valence-electron chi connectivity index (χ1n) is 5.39. The summed E-state index contributed by atoms with van der Waals surface area (Å²) in [4.78, 5) is 12.2. The standard InChI is InChI=1S/C14H8Br3FO/c15-10-4-9(5-11(16)7-10)13(19)6-8-2-1-3-12(18)14(8)17/h1-5,7H,6H2. The Labute approximate surface area is 135 Å². The summed E-state index contributed by atoms with van der Waals surface area (Å²) in [5.74, 6) is -0.422. The van der Waals surface area contributed by atoms with Gasteiger partial charge in [-0.25, -0.2) is 4.39 Å². The van der Waals surface area contributed by atoms with Crippen LogP contribution in [0.25, 0.3) is 0 Å². The molecule has 2 aromatic carbocycles. The number of benzene rings is 2. The molecule has 0 fully saturated rings. The van der Waals surface area contributed by atoms with E-state index in [9.17, 15) is 9.18 Å². The van der Waals surface area contributed by atoms with Gasteiger partial charge >= 0.3 is 0 Å². The summed E-state index contributed by atoms with van der Waals surface area (Å²) in [6, 6.07) is 10.0. The van der Waals surface area contributed by atoms with E-state index in [0.717, 1.165) is 8.95 Å². The van der Waals surface area contributed by atoms with Gasteiger partial charge in [-0.05, 0) is 45.8 Å². The molecule has 0 aliphatic carbocycles.